The lowest BCUT2D eigenvalue weighted by Gasteiger charge is -2.08. The van der Waals surface area contributed by atoms with Gasteiger partial charge in [-0.15, -0.1) is 0 Å². The van der Waals surface area contributed by atoms with E-state index < -0.39 is 11.6 Å². The number of carbonyl (C=O) groups excluding carboxylic acids is 1. The molecule has 0 aliphatic carbocycles. The maximum atomic E-state index is 11.8. The molecule has 0 amide bonds. The van der Waals surface area contributed by atoms with Crippen LogP contribution in [0.2, 0.25) is 0 Å². The van der Waals surface area contributed by atoms with Crippen LogP contribution in [0.3, 0.4) is 0 Å². The average Bonchev–Trinajstić information content (AvgIpc) is 2.55. The Labute approximate surface area is 131 Å². The van der Waals surface area contributed by atoms with Crippen LogP contribution in [0.15, 0.2) is 57.7 Å². The third-order valence-corrected chi connectivity index (χ3v) is 3.43. The summed E-state index contributed by atoms with van der Waals surface area (Å²) in [6, 6.07) is 13.7. The second-order valence-electron chi connectivity index (χ2n) is 4.81. The van der Waals surface area contributed by atoms with Crippen LogP contribution >= 0.6 is 0 Å². The van der Waals surface area contributed by atoms with E-state index in [2.05, 4.69) is 0 Å². The summed E-state index contributed by atoms with van der Waals surface area (Å²) in [4.78, 5) is 30.8. The van der Waals surface area contributed by atoms with E-state index in [4.69, 9.17) is 14.3 Å². The zero-order valence-corrected chi connectivity index (χ0v) is 12.4. The van der Waals surface area contributed by atoms with Crippen molar-refractivity contribution in [2.75, 3.05) is 0 Å². The van der Waals surface area contributed by atoms with Gasteiger partial charge < -0.3 is 14.3 Å². The highest BCUT2D eigenvalue weighted by Crippen LogP contribution is 2.29. The summed E-state index contributed by atoms with van der Waals surface area (Å²) in [5, 5.41) is 9.74. The van der Waals surface area contributed by atoms with Crippen molar-refractivity contribution in [1.29, 1.82) is 0 Å². The molecule has 1 heterocycles. The van der Waals surface area contributed by atoms with E-state index in [1.54, 1.807) is 6.07 Å². The minimum Gasteiger partial charge on any atom is -0.478 e. The Hall–Kier alpha value is -3.21. The zero-order chi connectivity index (χ0) is 17.0. The molecule has 0 saturated carbocycles. The first kappa shape index (κ1) is 16.2. The minimum absolute atomic E-state index is 0.0904. The molecular formula is C18H14O5. The van der Waals surface area contributed by atoms with Crippen molar-refractivity contribution >= 4 is 23.7 Å². The first-order valence-electron chi connectivity index (χ1n) is 6.72. The lowest BCUT2D eigenvalue weighted by atomic mass is 9.97. The fourth-order valence-corrected chi connectivity index (χ4v) is 2.39. The van der Waals surface area contributed by atoms with Crippen molar-refractivity contribution in [3.63, 3.8) is 0 Å². The lowest BCUT2D eigenvalue weighted by Crippen LogP contribution is -2.01. The van der Waals surface area contributed by atoms with Crippen molar-refractivity contribution in [3.05, 3.63) is 70.1 Å². The van der Waals surface area contributed by atoms with Crippen LogP contribution < -0.4 is 5.63 Å². The fourth-order valence-electron chi connectivity index (χ4n) is 2.39. The second kappa shape index (κ2) is 6.70. The number of aromatic carboxylic acids is 1. The van der Waals surface area contributed by atoms with Gasteiger partial charge in [0, 0.05) is 17.0 Å². The highest BCUT2D eigenvalue weighted by Gasteiger charge is 2.12. The van der Waals surface area contributed by atoms with Gasteiger partial charge in [0.2, 0.25) is 0 Å². The normalized spacial score (nSPS) is 9.96. The number of aryl methyl sites for hydroxylation is 1. The quantitative estimate of drug-likeness (QED) is 0.734. The molecule has 23 heavy (non-hydrogen) atoms. The van der Waals surface area contributed by atoms with Crippen molar-refractivity contribution in [1.82, 2.24) is 0 Å². The highest BCUT2D eigenvalue weighted by atomic mass is 16.4. The number of fused-ring (bicyclic) bond motifs is 1. The van der Waals surface area contributed by atoms with E-state index in [9.17, 15) is 9.59 Å². The number of hydrogen-bond donors (Lipinski definition) is 1. The van der Waals surface area contributed by atoms with Gasteiger partial charge in [0.15, 0.2) is 0 Å². The molecule has 3 aromatic rings. The predicted molar refractivity (Wildman–Crippen MR) is 86.7 cm³/mol. The molecule has 1 aromatic heterocycles. The van der Waals surface area contributed by atoms with Crippen LogP contribution in [0.1, 0.15) is 15.9 Å². The monoisotopic (exact) mass is 310 g/mol. The number of carboxylic acids is 1. The van der Waals surface area contributed by atoms with Crippen LogP contribution in [0.5, 0.6) is 0 Å². The summed E-state index contributed by atoms with van der Waals surface area (Å²) in [6.07, 6.45) is 0. The van der Waals surface area contributed by atoms with Gasteiger partial charge in [0.05, 0.1) is 5.56 Å². The second-order valence-corrected chi connectivity index (χ2v) is 4.81. The Morgan fingerprint density at radius 3 is 2.39 bits per heavy atom. The molecule has 1 N–H and O–H groups in total. The summed E-state index contributed by atoms with van der Waals surface area (Å²) in [5.74, 6) is -1.05. The van der Waals surface area contributed by atoms with Gasteiger partial charge in [-0.2, -0.15) is 0 Å². The molecule has 0 radical (unpaired) electrons. The van der Waals surface area contributed by atoms with E-state index in [1.807, 2.05) is 38.0 Å². The van der Waals surface area contributed by atoms with Crippen molar-refractivity contribution < 1.29 is 19.1 Å². The van der Waals surface area contributed by atoms with Crippen LogP contribution in [0.25, 0.3) is 22.1 Å². The molecule has 2 aromatic carbocycles. The number of benzene rings is 2. The molecule has 3 rings (SSSR count). The van der Waals surface area contributed by atoms with Gasteiger partial charge in [-0.25, -0.2) is 9.59 Å². The molecule has 0 fully saturated rings. The first-order valence-corrected chi connectivity index (χ1v) is 6.72. The highest BCUT2D eigenvalue weighted by molar-refractivity contribution is 5.98. The molecule has 0 unspecified atom stereocenters. The van der Waals surface area contributed by atoms with E-state index in [-0.39, 0.29) is 11.1 Å². The van der Waals surface area contributed by atoms with Gasteiger partial charge in [-0.05, 0) is 36.2 Å². The molecule has 0 aliphatic heterocycles. The Balaban J connectivity index is 0.000000924. The van der Waals surface area contributed by atoms with E-state index in [0.29, 0.717) is 5.39 Å². The Morgan fingerprint density at radius 2 is 1.74 bits per heavy atom. The molecule has 5 heteroatoms. The van der Waals surface area contributed by atoms with Crippen LogP contribution in [-0.4, -0.2) is 17.9 Å². The largest absolute Gasteiger partial charge is 0.478 e. The van der Waals surface area contributed by atoms with Gasteiger partial charge in [-0.3, -0.25) is 0 Å². The Kier molecular flexibility index (Phi) is 4.71. The molecule has 0 saturated heterocycles. The number of carboxylic acid groups (broad SMARTS) is 1. The SMILES string of the molecule is C=O.Cc1ccccc1-c1cc(=O)oc2cc(C(=O)O)ccc12. The molecule has 5 nitrogen and oxygen atoms in total. The maximum Gasteiger partial charge on any atom is 0.336 e. The van der Waals surface area contributed by atoms with Gasteiger partial charge in [0.25, 0.3) is 0 Å². The summed E-state index contributed by atoms with van der Waals surface area (Å²) < 4.78 is 5.14. The standard InChI is InChI=1S/C17H12O4.CH2O/c1-10-4-2-3-5-12(10)14-9-16(18)21-15-8-11(17(19)20)6-7-13(14)15;1-2/h2-9H,1H3,(H,19,20);1H2. The van der Waals surface area contributed by atoms with Crippen molar-refractivity contribution in [3.8, 4) is 11.1 Å². The van der Waals surface area contributed by atoms with E-state index in [0.717, 1.165) is 16.7 Å². The van der Waals surface area contributed by atoms with E-state index in [1.165, 1.54) is 18.2 Å². The van der Waals surface area contributed by atoms with Crippen molar-refractivity contribution in [2.45, 2.75) is 6.92 Å². The molecule has 0 aliphatic rings. The summed E-state index contributed by atoms with van der Waals surface area (Å²) in [7, 11) is 0. The summed E-state index contributed by atoms with van der Waals surface area (Å²) in [5.41, 5.74) is 2.58. The van der Waals surface area contributed by atoms with Crippen LogP contribution in [0.4, 0.5) is 0 Å². The van der Waals surface area contributed by atoms with Crippen LogP contribution in [0, 0.1) is 6.92 Å². The van der Waals surface area contributed by atoms with Gasteiger partial charge in [-0.1, -0.05) is 24.3 Å². The third-order valence-electron chi connectivity index (χ3n) is 3.43. The Morgan fingerprint density at radius 1 is 1.04 bits per heavy atom. The predicted octanol–water partition coefficient (Wildman–Crippen LogP) is 3.28. The van der Waals surface area contributed by atoms with E-state index >= 15 is 0 Å². The number of rotatable bonds is 2. The topological polar surface area (TPSA) is 84.6 Å². The molecular weight excluding hydrogens is 296 g/mol. The Bertz CT molecular complexity index is 924. The molecule has 0 bridgehead atoms. The minimum atomic E-state index is -1.05. The zero-order valence-electron chi connectivity index (χ0n) is 12.4. The lowest BCUT2D eigenvalue weighted by molar-refractivity contribution is -0.0980. The molecule has 0 atom stereocenters. The molecule has 116 valence electrons. The summed E-state index contributed by atoms with van der Waals surface area (Å²) in [6.45, 7) is 3.96. The first-order chi connectivity index (χ1) is 11.1. The van der Waals surface area contributed by atoms with Gasteiger partial charge in [0.1, 0.15) is 12.4 Å². The smallest absolute Gasteiger partial charge is 0.336 e. The maximum absolute atomic E-state index is 11.8. The number of carbonyl (C=O) groups is 2. The molecule has 0 spiro atoms. The fraction of sp³-hybridized carbons (Fsp3) is 0.0556. The third kappa shape index (κ3) is 3.18. The number of hydrogen-bond acceptors (Lipinski definition) is 4. The van der Waals surface area contributed by atoms with Crippen LogP contribution in [-0.2, 0) is 4.79 Å². The van der Waals surface area contributed by atoms with Crippen molar-refractivity contribution in [2.24, 2.45) is 0 Å². The van der Waals surface area contributed by atoms with Gasteiger partial charge >= 0.3 is 11.6 Å². The average molecular weight is 310 g/mol. The summed E-state index contributed by atoms with van der Waals surface area (Å²) >= 11 is 0.